The molecule has 0 aromatic rings. The first kappa shape index (κ1) is 16.2. The summed E-state index contributed by atoms with van der Waals surface area (Å²) >= 11 is 0. The molecule has 6 heteroatoms. The quantitative estimate of drug-likeness (QED) is 0.672. The zero-order valence-electron chi connectivity index (χ0n) is 12.1. The van der Waals surface area contributed by atoms with E-state index in [1.54, 1.807) is 13.0 Å². The van der Waals surface area contributed by atoms with Crippen molar-refractivity contribution in [3.63, 3.8) is 0 Å². The molecular weight excluding hydrogens is 260 g/mol. The Balaban J connectivity index is 2.57. The van der Waals surface area contributed by atoms with Crippen molar-refractivity contribution in [2.45, 2.75) is 38.8 Å². The Hall–Kier alpha value is -1.82. The molecule has 2 atom stereocenters. The molecule has 0 spiro atoms. The summed E-state index contributed by atoms with van der Waals surface area (Å²) in [4.78, 5) is 22.8. The fourth-order valence-electron chi connectivity index (χ4n) is 1.95. The number of amides is 2. The number of aliphatic hydroxyl groups excluding tert-OH is 1. The number of ether oxygens (including phenoxy) is 1. The van der Waals surface area contributed by atoms with Gasteiger partial charge in [-0.3, -0.25) is 9.59 Å². The predicted octanol–water partition coefficient (Wildman–Crippen LogP) is 0.804. The average molecular weight is 282 g/mol. The number of hydrogen-bond acceptors (Lipinski definition) is 4. The summed E-state index contributed by atoms with van der Waals surface area (Å²) < 4.78 is 5.62. The van der Waals surface area contributed by atoms with E-state index in [1.165, 1.54) is 14.0 Å². The maximum absolute atomic E-state index is 11.7. The SMILES string of the molecule is CNC(=O)C(NC(C)=O)C(C)OCC1=CCCC(O)=C1. The largest absolute Gasteiger partial charge is 0.512 e. The van der Waals surface area contributed by atoms with Crippen LogP contribution >= 0.6 is 0 Å². The van der Waals surface area contributed by atoms with Crippen LogP contribution < -0.4 is 10.6 Å². The summed E-state index contributed by atoms with van der Waals surface area (Å²) in [6.07, 6.45) is 4.60. The van der Waals surface area contributed by atoms with E-state index >= 15 is 0 Å². The summed E-state index contributed by atoms with van der Waals surface area (Å²) in [6.45, 7) is 3.37. The van der Waals surface area contributed by atoms with E-state index in [2.05, 4.69) is 10.6 Å². The van der Waals surface area contributed by atoms with Gasteiger partial charge in [-0.2, -0.15) is 0 Å². The van der Waals surface area contributed by atoms with Gasteiger partial charge < -0.3 is 20.5 Å². The standard InChI is InChI=1S/C14H22N2O4/c1-9(13(14(19)15-3)16-10(2)17)20-8-11-5-4-6-12(18)7-11/h5,7,9,13,18H,4,6,8H2,1-3H3,(H,15,19)(H,16,17). The number of nitrogens with one attached hydrogen (secondary N) is 2. The van der Waals surface area contributed by atoms with E-state index < -0.39 is 12.1 Å². The van der Waals surface area contributed by atoms with Crippen LogP contribution in [0.4, 0.5) is 0 Å². The Bertz CT molecular complexity index is 429. The maximum Gasteiger partial charge on any atom is 0.245 e. The normalized spacial score (nSPS) is 17.6. The lowest BCUT2D eigenvalue weighted by Gasteiger charge is -2.24. The molecule has 0 aromatic carbocycles. The molecule has 1 aliphatic carbocycles. The Morgan fingerprint density at radius 2 is 2.20 bits per heavy atom. The second kappa shape index (κ2) is 7.69. The zero-order valence-corrected chi connectivity index (χ0v) is 12.1. The number of allylic oxidation sites excluding steroid dienone is 2. The van der Waals surface area contributed by atoms with Gasteiger partial charge in [0, 0.05) is 20.4 Å². The van der Waals surface area contributed by atoms with Crippen LogP contribution in [0.1, 0.15) is 26.7 Å². The fourth-order valence-corrected chi connectivity index (χ4v) is 1.95. The first-order chi connectivity index (χ1) is 9.43. The van der Waals surface area contributed by atoms with E-state index in [0.717, 1.165) is 12.0 Å². The molecule has 20 heavy (non-hydrogen) atoms. The molecule has 0 bridgehead atoms. The number of aliphatic hydroxyl groups is 1. The third-order valence-corrected chi connectivity index (χ3v) is 3.03. The lowest BCUT2D eigenvalue weighted by molar-refractivity contribution is -0.131. The van der Waals surface area contributed by atoms with Crippen molar-refractivity contribution in [1.82, 2.24) is 10.6 Å². The lowest BCUT2D eigenvalue weighted by atomic mass is 10.1. The Morgan fingerprint density at radius 1 is 1.50 bits per heavy atom. The second-order valence-electron chi connectivity index (χ2n) is 4.76. The van der Waals surface area contributed by atoms with Crippen molar-refractivity contribution in [3.05, 3.63) is 23.5 Å². The van der Waals surface area contributed by atoms with E-state index in [1.807, 2.05) is 6.08 Å². The molecule has 1 rings (SSSR count). The summed E-state index contributed by atoms with van der Waals surface area (Å²) in [5.74, 6) is -0.254. The maximum atomic E-state index is 11.7. The molecule has 0 heterocycles. The summed E-state index contributed by atoms with van der Waals surface area (Å²) in [6, 6.07) is -0.737. The molecule has 112 valence electrons. The van der Waals surface area contributed by atoms with Crippen LogP contribution in [-0.2, 0) is 14.3 Å². The van der Waals surface area contributed by atoms with Crippen molar-refractivity contribution < 1.29 is 19.4 Å². The van der Waals surface area contributed by atoms with E-state index in [-0.39, 0.29) is 18.4 Å². The molecule has 0 saturated heterocycles. The van der Waals surface area contributed by atoms with Gasteiger partial charge in [0.1, 0.15) is 6.04 Å². The smallest absolute Gasteiger partial charge is 0.245 e. The van der Waals surface area contributed by atoms with Gasteiger partial charge in [0.15, 0.2) is 0 Å². The minimum absolute atomic E-state index is 0.288. The molecule has 1 aliphatic rings. The van der Waals surface area contributed by atoms with Crippen LogP contribution in [0.2, 0.25) is 0 Å². The van der Waals surface area contributed by atoms with Gasteiger partial charge in [-0.15, -0.1) is 0 Å². The molecule has 0 saturated carbocycles. The average Bonchev–Trinajstić information content (AvgIpc) is 2.41. The first-order valence-corrected chi connectivity index (χ1v) is 6.63. The highest BCUT2D eigenvalue weighted by molar-refractivity contribution is 5.87. The van der Waals surface area contributed by atoms with Gasteiger partial charge in [0.05, 0.1) is 18.5 Å². The van der Waals surface area contributed by atoms with E-state index in [0.29, 0.717) is 12.2 Å². The monoisotopic (exact) mass is 282 g/mol. The highest BCUT2D eigenvalue weighted by atomic mass is 16.5. The van der Waals surface area contributed by atoms with Gasteiger partial charge in [-0.1, -0.05) is 6.08 Å². The van der Waals surface area contributed by atoms with Gasteiger partial charge >= 0.3 is 0 Å². The highest BCUT2D eigenvalue weighted by Gasteiger charge is 2.25. The van der Waals surface area contributed by atoms with E-state index in [4.69, 9.17) is 4.74 Å². The van der Waals surface area contributed by atoms with Crippen LogP contribution in [0.5, 0.6) is 0 Å². The van der Waals surface area contributed by atoms with Crippen molar-refractivity contribution >= 4 is 11.8 Å². The Morgan fingerprint density at radius 3 is 2.75 bits per heavy atom. The lowest BCUT2D eigenvalue weighted by Crippen LogP contribution is -2.52. The highest BCUT2D eigenvalue weighted by Crippen LogP contribution is 2.16. The summed E-state index contributed by atoms with van der Waals surface area (Å²) in [5, 5.41) is 14.5. The molecule has 0 fully saturated rings. The summed E-state index contributed by atoms with van der Waals surface area (Å²) in [5.41, 5.74) is 0.874. The van der Waals surface area contributed by atoms with Crippen molar-refractivity contribution in [3.8, 4) is 0 Å². The molecule has 0 aliphatic heterocycles. The Labute approximate surface area is 118 Å². The van der Waals surface area contributed by atoms with Crippen molar-refractivity contribution in [2.24, 2.45) is 0 Å². The molecule has 2 amide bonds. The van der Waals surface area contributed by atoms with E-state index in [9.17, 15) is 14.7 Å². The van der Waals surface area contributed by atoms with Gasteiger partial charge in [0.2, 0.25) is 11.8 Å². The molecule has 3 N–H and O–H groups in total. The third-order valence-electron chi connectivity index (χ3n) is 3.03. The number of rotatable bonds is 6. The topological polar surface area (TPSA) is 87.7 Å². The number of carbonyl (C=O) groups excluding carboxylic acids is 2. The molecular formula is C14H22N2O4. The molecule has 0 radical (unpaired) electrons. The van der Waals surface area contributed by atoms with Crippen LogP contribution in [0, 0.1) is 0 Å². The summed E-state index contributed by atoms with van der Waals surface area (Å²) in [7, 11) is 1.51. The van der Waals surface area contributed by atoms with Crippen LogP contribution in [0.3, 0.4) is 0 Å². The fraction of sp³-hybridized carbons (Fsp3) is 0.571. The van der Waals surface area contributed by atoms with Crippen LogP contribution in [0.15, 0.2) is 23.5 Å². The number of likely N-dealkylation sites (N-methyl/N-ethyl adjacent to an activating group) is 1. The zero-order chi connectivity index (χ0) is 15.1. The van der Waals surface area contributed by atoms with Gasteiger partial charge in [0.25, 0.3) is 0 Å². The molecule has 6 nitrogen and oxygen atoms in total. The Kier molecular flexibility index (Phi) is 6.24. The van der Waals surface area contributed by atoms with Crippen LogP contribution in [0.25, 0.3) is 0 Å². The van der Waals surface area contributed by atoms with Gasteiger partial charge in [-0.05, 0) is 25.0 Å². The first-order valence-electron chi connectivity index (χ1n) is 6.63. The number of carbonyl (C=O) groups is 2. The minimum Gasteiger partial charge on any atom is -0.512 e. The van der Waals surface area contributed by atoms with Gasteiger partial charge in [-0.25, -0.2) is 0 Å². The van der Waals surface area contributed by atoms with Crippen molar-refractivity contribution in [1.29, 1.82) is 0 Å². The predicted molar refractivity (Wildman–Crippen MR) is 75.1 cm³/mol. The van der Waals surface area contributed by atoms with Crippen molar-refractivity contribution in [2.75, 3.05) is 13.7 Å². The minimum atomic E-state index is -0.737. The molecule has 2 unspecified atom stereocenters. The number of hydrogen-bond donors (Lipinski definition) is 3. The third kappa shape index (κ3) is 5.05. The van der Waals surface area contributed by atoms with Crippen LogP contribution in [-0.4, -0.2) is 42.7 Å². The second-order valence-corrected chi connectivity index (χ2v) is 4.76. The molecule has 0 aromatic heterocycles.